The molecule has 4 nitrogen and oxygen atoms in total. The Balaban J connectivity index is 1.57. The van der Waals surface area contributed by atoms with Crippen molar-refractivity contribution < 1.29 is 19.0 Å². The fraction of sp³-hybridized carbons (Fsp3) is 0.767. The van der Waals surface area contributed by atoms with Crippen LogP contribution < -0.4 is 4.74 Å². The molecule has 1 fully saturated rings. The van der Waals surface area contributed by atoms with E-state index in [1.54, 1.807) is 6.07 Å². The van der Waals surface area contributed by atoms with Gasteiger partial charge in [-0.25, -0.2) is 4.79 Å². The number of hydrogen-bond acceptors (Lipinski definition) is 3. The Morgan fingerprint density at radius 1 is 0.829 bits per heavy atom. The second-order valence-electron chi connectivity index (χ2n) is 10.5. The zero-order chi connectivity index (χ0) is 25.2. The molecule has 1 aromatic rings. The number of hydroxylamine groups is 3. The van der Waals surface area contributed by atoms with Gasteiger partial charge in [0.15, 0.2) is 6.61 Å². The van der Waals surface area contributed by atoms with Crippen molar-refractivity contribution in [3.63, 3.8) is 0 Å². The van der Waals surface area contributed by atoms with Crippen molar-refractivity contribution in [3.05, 3.63) is 28.8 Å². The Morgan fingerprint density at radius 2 is 1.37 bits per heavy atom. The van der Waals surface area contributed by atoms with E-state index in [1.807, 2.05) is 19.1 Å². The summed E-state index contributed by atoms with van der Waals surface area (Å²) in [5.41, 5.74) is 0.926. The highest BCUT2D eigenvalue weighted by atomic mass is 35.5. The van der Waals surface area contributed by atoms with E-state index in [-0.39, 0.29) is 12.6 Å². The molecule has 0 bridgehead atoms. The second-order valence-corrected chi connectivity index (χ2v) is 11.0. The largest absolute Gasteiger partial charge is 0.481 e. The zero-order valence-corrected chi connectivity index (χ0v) is 23.4. The number of benzene rings is 1. The highest BCUT2D eigenvalue weighted by Gasteiger charge is 2.35. The minimum absolute atomic E-state index is 0.0544. The zero-order valence-electron chi connectivity index (χ0n) is 22.6. The molecule has 1 aliphatic heterocycles. The molecule has 0 atom stereocenters. The monoisotopic (exact) mass is 508 g/mol. The summed E-state index contributed by atoms with van der Waals surface area (Å²) < 4.78 is 6.21. The maximum Gasteiger partial charge on any atom is 0.403 e. The van der Waals surface area contributed by atoms with Crippen LogP contribution in [0.1, 0.15) is 122 Å². The minimum atomic E-state index is -0.272. The number of aryl methyl sites for hydroxylation is 1. The molecule has 0 aromatic heterocycles. The van der Waals surface area contributed by atoms with Crippen molar-refractivity contribution in [1.29, 1.82) is 0 Å². The molecule has 2 rings (SSSR count). The lowest BCUT2D eigenvalue weighted by atomic mass is 10.0. The van der Waals surface area contributed by atoms with Gasteiger partial charge < -0.3 is 4.74 Å². The number of unbranched alkanes of at least 4 members (excludes halogenated alkanes) is 13. The number of quaternary nitrogens is 1. The lowest BCUT2D eigenvalue weighted by Crippen LogP contribution is -2.53. The van der Waals surface area contributed by atoms with Crippen LogP contribution in [0.4, 0.5) is 0 Å². The number of likely N-dealkylation sites (tertiary alicyclic amines) is 1. The van der Waals surface area contributed by atoms with Crippen molar-refractivity contribution in [2.24, 2.45) is 0 Å². The van der Waals surface area contributed by atoms with Crippen LogP contribution in [0.2, 0.25) is 5.02 Å². The first kappa shape index (κ1) is 30.0. The summed E-state index contributed by atoms with van der Waals surface area (Å²) in [6.45, 7) is 6.96. The molecule has 1 aliphatic rings. The van der Waals surface area contributed by atoms with Crippen LogP contribution in [0, 0.1) is 6.92 Å². The molecular weight excluding hydrogens is 458 g/mol. The SMILES string of the molecule is CCCCCCCCCCCCCCCC[N+]1(OC(=O)COc2ccc(Cl)cc2C)CCCCC1. The van der Waals surface area contributed by atoms with Crippen LogP contribution in [0.3, 0.4) is 0 Å². The molecule has 0 aliphatic carbocycles. The Kier molecular flexibility index (Phi) is 15.5. The van der Waals surface area contributed by atoms with E-state index in [0.717, 1.165) is 44.5 Å². The molecule has 1 heterocycles. The topological polar surface area (TPSA) is 35.5 Å². The lowest BCUT2D eigenvalue weighted by molar-refractivity contribution is -1.09. The molecule has 1 saturated heterocycles. The van der Waals surface area contributed by atoms with E-state index in [1.165, 1.54) is 89.9 Å². The van der Waals surface area contributed by atoms with E-state index in [9.17, 15) is 4.79 Å². The fourth-order valence-electron chi connectivity index (χ4n) is 5.20. The van der Waals surface area contributed by atoms with Gasteiger partial charge >= 0.3 is 5.97 Å². The Morgan fingerprint density at radius 3 is 1.91 bits per heavy atom. The molecule has 35 heavy (non-hydrogen) atoms. The van der Waals surface area contributed by atoms with Crippen LogP contribution in [0.15, 0.2) is 18.2 Å². The van der Waals surface area contributed by atoms with E-state index in [4.69, 9.17) is 21.2 Å². The first-order chi connectivity index (χ1) is 17.0. The quantitative estimate of drug-likeness (QED) is 0.138. The van der Waals surface area contributed by atoms with E-state index >= 15 is 0 Å². The molecule has 0 unspecified atom stereocenters. The van der Waals surface area contributed by atoms with Crippen LogP contribution in [0.25, 0.3) is 0 Å². The summed E-state index contributed by atoms with van der Waals surface area (Å²) in [6, 6.07) is 5.44. The number of rotatable bonds is 19. The van der Waals surface area contributed by atoms with E-state index in [0.29, 0.717) is 15.4 Å². The number of carbonyl (C=O) groups excluding carboxylic acids is 1. The van der Waals surface area contributed by atoms with Crippen molar-refractivity contribution in [2.45, 2.75) is 123 Å². The average molecular weight is 509 g/mol. The number of piperidine rings is 1. The van der Waals surface area contributed by atoms with Crippen molar-refractivity contribution >= 4 is 17.6 Å². The molecular formula is C30H51ClNO3+. The maximum atomic E-state index is 12.6. The third-order valence-corrected chi connectivity index (χ3v) is 7.56. The molecule has 0 radical (unpaired) electrons. The normalized spacial score (nSPS) is 15.2. The molecule has 0 N–H and O–H groups in total. The molecule has 200 valence electrons. The molecule has 5 heteroatoms. The second kappa shape index (κ2) is 18.1. The fourth-order valence-corrected chi connectivity index (χ4v) is 5.42. The number of nitrogens with zero attached hydrogens (tertiary/aromatic N) is 1. The van der Waals surface area contributed by atoms with Crippen molar-refractivity contribution in [2.75, 3.05) is 26.2 Å². The van der Waals surface area contributed by atoms with Crippen LogP contribution in [-0.2, 0) is 9.63 Å². The van der Waals surface area contributed by atoms with Crippen molar-refractivity contribution in [3.8, 4) is 5.75 Å². The third kappa shape index (κ3) is 13.0. The van der Waals surface area contributed by atoms with Gasteiger partial charge in [-0.1, -0.05) is 95.6 Å². The third-order valence-electron chi connectivity index (χ3n) is 7.33. The lowest BCUT2D eigenvalue weighted by Gasteiger charge is -2.37. The van der Waals surface area contributed by atoms with Gasteiger partial charge in [-0.05, 0) is 43.5 Å². The standard InChI is InChI=1S/C30H51ClNO3/c1-3-4-5-6-7-8-9-10-11-12-13-14-15-17-22-32(23-18-16-19-24-32)35-30(33)26-34-29-21-20-28(31)25-27(29)2/h20-21,25H,3-19,22-24,26H2,1-2H3/q+1. The molecule has 0 spiro atoms. The highest BCUT2D eigenvalue weighted by Crippen LogP contribution is 2.24. The van der Waals surface area contributed by atoms with E-state index in [2.05, 4.69) is 6.92 Å². The number of ether oxygens (including phenoxy) is 1. The van der Waals surface area contributed by atoms with Gasteiger partial charge in [0.05, 0.1) is 0 Å². The van der Waals surface area contributed by atoms with Crippen LogP contribution >= 0.6 is 11.6 Å². The highest BCUT2D eigenvalue weighted by molar-refractivity contribution is 6.30. The Labute approximate surface area is 220 Å². The Bertz CT molecular complexity index is 703. The number of hydrogen-bond donors (Lipinski definition) is 0. The smallest absolute Gasteiger partial charge is 0.403 e. The molecule has 1 aromatic carbocycles. The summed E-state index contributed by atoms with van der Waals surface area (Å²) in [6.07, 6.45) is 22.5. The van der Waals surface area contributed by atoms with E-state index < -0.39 is 0 Å². The predicted octanol–water partition coefficient (Wildman–Crippen LogP) is 8.97. The average Bonchev–Trinajstić information content (AvgIpc) is 2.84. The first-order valence-corrected chi connectivity index (χ1v) is 14.9. The number of halogens is 1. The van der Waals surface area contributed by atoms with Gasteiger partial charge in [-0.15, -0.1) is 4.65 Å². The molecule has 0 saturated carbocycles. The summed E-state index contributed by atoms with van der Waals surface area (Å²) in [5.74, 6) is 0.412. The molecule has 0 amide bonds. The van der Waals surface area contributed by atoms with Gasteiger partial charge in [0, 0.05) is 24.3 Å². The number of carbonyl (C=O) groups is 1. The van der Waals surface area contributed by atoms with Crippen LogP contribution in [-0.4, -0.2) is 36.9 Å². The summed E-state index contributed by atoms with van der Waals surface area (Å²) in [7, 11) is 0. The van der Waals surface area contributed by atoms with Crippen molar-refractivity contribution in [1.82, 2.24) is 0 Å². The summed E-state index contributed by atoms with van der Waals surface area (Å²) >= 11 is 6.01. The van der Waals surface area contributed by atoms with Gasteiger partial charge in [-0.2, -0.15) is 0 Å². The van der Waals surface area contributed by atoms with Gasteiger partial charge in [0.1, 0.15) is 25.4 Å². The van der Waals surface area contributed by atoms with Gasteiger partial charge in [-0.3, -0.25) is 4.84 Å². The summed E-state index contributed by atoms with van der Waals surface area (Å²) in [4.78, 5) is 18.7. The maximum absolute atomic E-state index is 12.6. The Hall–Kier alpha value is -1.26. The van der Waals surface area contributed by atoms with Gasteiger partial charge in [0.25, 0.3) is 0 Å². The summed E-state index contributed by atoms with van der Waals surface area (Å²) in [5, 5.41) is 0.670. The first-order valence-electron chi connectivity index (χ1n) is 14.5. The minimum Gasteiger partial charge on any atom is -0.481 e. The van der Waals surface area contributed by atoms with Gasteiger partial charge in [0.2, 0.25) is 0 Å². The predicted molar refractivity (Wildman–Crippen MR) is 147 cm³/mol. The van der Waals surface area contributed by atoms with Crippen LogP contribution in [0.5, 0.6) is 5.75 Å².